The number of rotatable bonds is 3. The predicted octanol–water partition coefficient (Wildman–Crippen LogP) is 2.93. The fraction of sp³-hybridized carbons (Fsp3) is 0.500. The molecular weight excluding hydrogens is 120 g/mol. The summed E-state index contributed by atoms with van der Waals surface area (Å²) in [4.78, 5) is 0. The molecule has 0 bridgehead atoms. The highest BCUT2D eigenvalue weighted by Crippen LogP contribution is 2.44. The summed E-state index contributed by atoms with van der Waals surface area (Å²) >= 11 is 0. The van der Waals surface area contributed by atoms with E-state index >= 15 is 0 Å². The van der Waals surface area contributed by atoms with E-state index in [2.05, 4.69) is 25.8 Å². The molecule has 10 heavy (non-hydrogen) atoms. The highest BCUT2D eigenvalue weighted by atomic mass is 14.4. The van der Waals surface area contributed by atoms with Crippen LogP contribution in [0.15, 0.2) is 30.5 Å². The summed E-state index contributed by atoms with van der Waals surface area (Å²) in [5.74, 6) is 1.64. The molecule has 0 spiro atoms. The third-order valence-corrected chi connectivity index (χ3v) is 2.15. The summed E-state index contributed by atoms with van der Waals surface area (Å²) in [5.41, 5.74) is 4.34. The zero-order chi connectivity index (χ0) is 7.56. The maximum atomic E-state index is 3.70. The summed E-state index contributed by atoms with van der Waals surface area (Å²) in [6.07, 6.45) is 4.22. The molecule has 0 aliphatic heterocycles. The first-order valence-corrected chi connectivity index (χ1v) is 3.79. The Balaban J connectivity index is 2.51. The summed E-state index contributed by atoms with van der Waals surface area (Å²) < 4.78 is 0. The van der Waals surface area contributed by atoms with Gasteiger partial charge in [-0.15, -0.1) is 12.3 Å². The first-order valence-electron chi connectivity index (χ1n) is 3.79. The van der Waals surface area contributed by atoms with Crippen LogP contribution >= 0.6 is 0 Å². The van der Waals surface area contributed by atoms with E-state index in [1.807, 2.05) is 6.08 Å². The molecule has 0 unspecified atom stereocenters. The van der Waals surface area contributed by atoms with E-state index in [0.717, 1.165) is 18.3 Å². The maximum Gasteiger partial charge on any atom is -0.00625 e. The molecule has 0 amide bonds. The quantitative estimate of drug-likeness (QED) is 0.411. The third kappa shape index (κ3) is 1.40. The van der Waals surface area contributed by atoms with Gasteiger partial charge in [-0.25, -0.2) is 0 Å². The first-order chi connectivity index (χ1) is 4.79. The van der Waals surface area contributed by atoms with Crippen molar-refractivity contribution in [1.82, 2.24) is 0 Å². The van der Waals surface area contributed by atoms with Crippen molar-refractivity contribution < 1.29 is 0 Å². The van der Waals surface area contributed by atoms with Gasteiger partial charge < -0.3 is 0 Å². The second-order valence-corrected chi connectivity index (χ2v) is 3.01. The molecule has 0 radical (unpaired) electrons. The van der Waals surface area contributed by atoms with Crippen LogP contribution in [-0.4, -0.2) is 0 Å². The molecule has 0 aromatic heterocycles. The Labute approximate surface area is 62.9 Å². The fourth-order valence-electron chi connectivity index (χ4n) is 1.32. The third-order valence-electron chi connectivity index (χ3n) is 2.15. The van der Waals surface area contributed by atoms with Gasteiger partial charge in [0.25, 0.3) is 0 Å². The van der Waals surface area contributed by atoms with Crippen LogP contribution in [0.4, 0.5) is 0 Å². The molecule has 0 heterocycles. The molecule has 1 aliphatic rings. The highest BCUT2D eigenvalue weighted by molar-refractivity contribution is 5.15. The molecule has 2 atom stereocenters. The van der Waals surface area contributed by atoms with Gasteiger partial charge in [0.05, 0.1) is 0 Å². The van der Waals surface area contributed by atoms with E-state index in [9.17, 15) is 0 Å². The minimum Gasteiger partial charge on any atom is -0.129 e. The van der Waals surface area contributed by atoms with Crippen molar-refractivity contribution in [3.63, 3.8) is 0 Å². The Kier molecular flexibility index (Phi) is 2.13. The van der Waals surface area contributed by atoms with E-state index in [0.29, 0.717) is 0 Å². The Morgan fingerprint density at radius 2 is 2.40 bits per heavy atom. The monoisotopic (exact) mass is 134 g/mol. The van der Waals surface area contributed by atoms with Crippen molar-refractivity contribution in [2.75, 3.05) is 0 Å². The van der Waals surface area contributed by atoms with Crippen LogP contribution in [0.2, 0.25) is 0 Å². The maximum absolute atomic E-state index is 3.70. The molecule has 1 fully saturated rings. The second-order valence-electron chi connectivity index (χ2n) is 3.01. The Hall–Kier alpha value is -0.740. The van der Waals surface area contributed by atoms with E-state index in [1.54, 1.807) is 0 Å². The fourth-order valence-corrected chi connectivity index (χ4v) is 1.32. The topological polar surface area (TPSA) is 0 Å². The van der Waals surface area contributed by atoms with Crippen LogP contribution < -0.4 is 0 Å². The molecule has 0 saturated heterocycles. The lowest BCUT2D eigenvalue weighted by molar-refractivity contribution is 0.837. The molecule has 54 valence electrons. The number of hydrogen-bond acceptors (Lipinski definition) is 0. The molecular formula is C10H14. The number of hydrogen-bond donors (Lipinski definition) is 0. The predicted molar refractivity (Wildman–Crippen MR) is 44.7 cm³/mol. The molecule has 0 heteroatoms. The van der Waals surface area contributed by atoms with Crippen molar-refractivity contribution >= 4 is 0 Å². The zero-order valence-corrected chi connectivity index (χ0v) is 6.56. The first kappa shape index (κ1) is 7.37. The molecule has 1 aliphatic carbocycles. The summed E-state index contributed by atoms with van der Waals surface area (Å²) in [7, 11) is 0. The smallest absolute Gasteiger partial charge is 0.00625 e. The van der Waals surface area contributed by atoms with Crippen LogP contribution in [0.25, 0.3) is 0 Å². The standard InChI is InChI=1S/C10H14/c1-4-6-9(5-2)10-7-8(10)3/h4,8,10H,1-2,6-7H2,3H3/t8-,10-/m0/s1. The van der Waals surface area contributed by atoms with Gasteiger partial charge in [-0.05, 0) is 30.3 Å². The summed E-state index contributed by atoms with van der Waals surface area (Å²) in [5, 5.41) is 0. The van der Waals surface area contributed by atoms with Crippen molar-refractivity contribution in [2.24, 2.45) is 11.8 Å². The van der Waals surface area contributed by atoms with Gasteiger partial charge in [0.1, 0.15) is 0 Å². The normalized spacial score (nSPS) is 28.9. The van der Waals surface area contributed by atoms with Crippen molar-refractivity contribution in [3.8, 4) is 0 Å². The molecule has 0 N–H and O–H groups in total. The van der Waals surface area contributed by atoms with Crippen molar-refractivity contribution in [3.05, 3.63) is 30.5 Å². The Morgan fingerprint density at radius 1 is 1.80 bits per heavy atom. The lowest BCUT2D eigenvalue weighted by Crippen LogP contribution is -1.83. The SMILES string of the molecule is C=C=C(CC=C)[C@H]1C[C@@H]1C. The molecule has 0 nitrogen and oxygen atoms in total. The van der Waals surface area contributed by atoms with E-state index in [-0.39, 0.29) is 0 Å². The van der Waals surface area contributed by atoms with Gasteiger partial charge in [0.2, 0.25) is 0 Å². The molecule has 1 rings (SSSR count). The zero-order valence-electron chi connectivity index (χ0n) is 6.56. The van der Waals surface area contributed by atoms with Gasteiger partial charge >= 0.3 is 0 Å². The Morgan fingerprint density at radius 3 is 2.70 bits per heavy atom. The minimum atomic E-state index is 0.774. The van der Waals surface area contributed by atoms with E-state index in [1.165, 1.54) is 12.0 Å². The van der Waals surface area contributed by atoms with Crippen LogP contribution in [-0.2, 0) is 0 Å². The van der Waals surface area contributed by atoms with Crippen LogP contribution in [0.1, 0.15) is 19.8 Å². The van der Waals surface area contributed by atoms with Gasteiger partial charge in [-0.3, -0.25) is 0 Å². The van der Waals surface area contributed by atoms with E-state index in [4.69, 9.17) is 0 Å². The van der Waals surface area contributed by atoms with E-state index < -0.39 is 0 Å². The minimum absolute atomic E-state index is 0.774. The summed E-state index contributed by atoms with van der Waals surface area (Å²) in [6.45, 7) is 9.63. The Bertz CT molecular complexity index is 182. The number of allylic oxidation sites excluding steroid dienone is 2. The summed E-state index contributed by atoms with van der Waals surface area (Å²) in [6, 6.07) is 0. The average Bonchev–Trinajstić information content (AvgIpc) is 2.62. The molecule has 0 aromatic carbocycles. The van der Waals surface area contributed by atoms with Crippen LogP contribution in [0.5, 0.6) is 0 Å². The van der Waals surface area contributed by atoms with Crippen molar-refractivity contribution in [1.29, 1.82) is 0 Å². The van der Waals surface area contributed by atoms with Crippen molar-refractivity contribution in [2.45, 2.75) is 19.8 Å². The van der Waals surface area contributed by atoms with Gasteiger partial charge in [-0.1, -0.05) is 19.6 Å². The van der Waals surface area contributed by atoms with Gasteiger partial charge in [0, 0.05) is 0 Å². The van der Waals surface area contributed by atoms with Gasteiger partial charge in [-0.2, -0.15) is 0 Å². The highest BCUT2D eigenvalue weighted by Gasteiger charge is 2.34. The second kappa shape index (κ2) is 2.90. The van der Waals surface area contributed by atoms with Gasteiger partial charge in [0.15, 0.2) is 0 Å². The molecule has 0 aromatic rings. The lowest BCUT2D eigenvalue weighted by Gasteiger charge is -1.96. The van der Waals surface area contributed by atoms with Crippen LogP contribution in [0.3, 0.4) is 0 Å². The largest absolute Gasteiger partial charge is 0.129 e. The molecule has 1 saturated carbocycles. The lowest BCUT2D eigenvalue weighted by atomic mass is 10.1. The average molecular weight is 134 g/mol. The van der Waals surface area contributed by atoms with Crippen LogP contribution in [0, 0.1) is 11.8 Å².